The molecular weight excluding hydrogens is 282 g/mol. The van der Waals surface area contributed by atoms with Gasteiger partial charge in [-0.1, -0.05) is 25.1 Å². The van der Waals surface area contributed by atoms with Gasteiger partial charge in [-0.3, -0.25) is 0 Å². The molecule has 110 valence electrons. The second kappa shape index (κ2) is 7.74. The van der Waals surface area contributed by atoms with Crippen LogP contribution in [0.3, 0.4) is 0 Å². The smallest absolute Gasteiger partial charge is 0.146 e. The highest BCUT2D eigenvalue weighted by molar-refractivity contribution is 7.99. The molecule has 21 heavy (non-hydrogen) atoms. The number of benzene rings is 2. The van der Waals surface area contributed by atoms with E-state index in [2.05, 4.69) is 12.2 Å². The van der Waals surface area contributed by atoms with Crippen molar-refractivity contribution >= 4 is 23.7 Å². The number of nitrogens with one attached hydrogen (secondary N) is 1. The summed E-state index contributed by atoms with van der Waals surface area (Å²) in [6.45, 7) is 2.12. The maximum atomic E-state index is 11.4. The number of rotatable bonds is 7. The SMILES string of the molecule is CCSc1ccc(C(C=O)Nc2cccc(OC)c2)cc1. The molecule has 4 heteroatoms. The van der Waals surface area contributed by atoms with Crippen LogP contribution in [0.15, 0.2) is 53.4 Å². The third-order valence-corrected chi connectivity index (χ3v) is 3.97. The monoisotopic (exact) mass is 301 g/mol. The fourth-order valence-corrected chi connectivity index (χ4v) is 2.69. The van der Waals surface area contributed by atoms with E-state index in [1.165, 1.54) is 4.90 Å². The lowest BCUT2D eigenvalue weighted by Gasteiger charge is -2.15. The van der Waals surface area contributed by atoms with Crippen molar-refractivity contribution in [1.29, 1.82) is 0 Å². The lowest BCUT2D eigenvalue weighted by atomic mass is 10.1. The number of carbonyl (C=O) groups is 1. The Morgan fingerprint density at radius 2 is 2.00 bits per heavy atom. The van der Waals surface area contributed by atoms with E-state index in [-0.39, 0.29) is 6.04 Å². The molecule has 0 radical (unpaired) electrons. The Balaban J connectivity index is 2.13. The second-order valence-electron chi connectivity index (χ2n) is 4.49. The van der Waals surface area contributed by atoms with E-state index >= 15 is 0 Å². The summed E-state index contributed by atoms with van der Waals surface area (Å²) in [5.74, 6) is 1.80. The van der Waals surface area contributed by atoms with Gasteiger partial charge in [0.25, 0.3) is 0 Å². The van der Waals surface area contributed by atoms with Gasteiger partial charge in [0.15, 0.2) is 0 Å². The third kappa shape index (κ3) is 4.26. The molecule has 0 amide bonds. The molecule has 0 aliphatic carbocycles. The van der Waals surface area contributed by atoms with Crippen LogP contribution in [-0.2, 0) is 4.79 Å². The Morgan fingerprint density at radius 3 is 2.62 bits per heavy atom. The summed E-state index contributed by atoms with van der Waals surface area (Å²) in [7, 11) is 1.63. The minimum atomic E-state index is -0.363. The maximum Gasteiger partial charge on any atom is 0.146 e. The average Bonchev–Trinajstić information content (AvgIpc) is 2.54. The molecule has 0 aliphatic heterocycles. The van der Waals surface area contributed by atoms with Crippen LogP contribution in [0.1, 0.15) is 18.5 Å². The van der Waals surface area contributed by atoms with Crippen LogP contribution in [0, 0.1) is 0 Å². The average molecular weight is 301 g/mol. The van der Waals surface area contributed by atoms with E-state index in [9.17, 15) is 4.79 Å². The molecule has 0 aliphatic rings. The van der Waals surface area contributed by atoms with Crippen LogP contribution in [0.4, 0.5) is 5.69 Å². The van der Waals surface area contributed by atoms with Crippen molar-refractivity contribution in [2.45, 2.75) is 17.9 Å². The van der Waals surface area contributed by atoms with Crippen molar-refractivity contribution in [3.05, 3.63) is 54.1 Å². The minimum Gasteiger partial charge on any atom is -0.497 e. The zero-order chi connectivity index (χ0) is 15.1. The van der Waals surface area contributed by atoms with Crippen LogP contribution < -0.4 is 10.1 Å². The fraction of sp³-hybridized carbons (Fsp3) is 0.235. The molecule has 0 saturated heterocycles. The van der Waals surface area contributed by atoms with Crippen molar-refractivity contribution in [2.75, 3.05) is 18.2 Å². The van der Waals surface area contributed by atoms with E-state index in [0.717, 1.165) is 29.0 Å². The minimum absolute atomic E-state index is 0.363. The Morgan fingerprint density at radius 1 is 1.24 bits per heavy atom. The first-order chi connectivity index (χ1) is 10.3. The zero-order valence-corrected chi connectivity index (χ0v) is 13.0. The van der Waals surface area contributed by atoms with Gasteiger partial charge in [0, 0.05) is 16.6 Å². The molecule has 3 nitrogen and oxygen atoms in total. The molecule has 2 aromatic carbocycles. The number of methoxy groups -OCH3 is 1. The van der Waals surface area contributed by atoms with Gasteiger partial charge in [0.2, 0.25) is 0 Å². The topological polar surface area (TPSA) is 38.3 Å². The third-order valence-electron chi connectivity index (χ3n) is 3.08. The molecule has 0 heterocycles. The highest BCUT2D eigenvalue weighted by Crippen LogP contribution is 2.24. The Bertz CT molecular complexity index is 584. The molecule has 2 rings (SSSR count). The van der Waals surface area contributed by atoms with Crippen LogP contribution in [-0.4, -0.2) is 19.1 Å². The van der Waals surface area contributed by atoms with Crippen molar-refractivity contribution < 1.29 is 9.53 Å². The first-order valence-electron chi connectivity index (χ1n) is 6.85. The van der Waals surface area contributed by atoms with E-state index in [4.69, 9.17) is 4.74 Å². The number of hydrogen-bond donors (Lipinski definition) is 1. The Hall–Kier alpha value is -1.94. The number of thioether (sulfide) groups is 1. The lowest BCUT2D eigenvalue weighted by Crippen LogP contribution is -2.11. The molecule has 0 aromatic heterocycles. The largest absolute Gasteiger partial charge is 0.497 e. The Kier molecular flexibility index (Phi) is 5.69. The molecular formula is C17H19NO2S. The second-order valence-corrected chi connectivity index (χ2v) is 5.83. The molecule has 1 unspecified atom stereocenters. The van der Waals surface area contributed by atoms with E-state index in [1.807, 2.05) is 48.5 Å². The molecule has 0 fully saturated rings. The van der Waals surface area contributed by atoms with Gasteiger partial charge in [-0.05, 0) is 35.6 Å². The zero-order valence-electron chi connectivity index (χ0n) is 12.2. The van der Waals surface area contributed by atoms with Gasteiger partial charge in [0.1, 0.15) is 18.1 Å². The van der Waals surface area contributed by atoms with Gasteiger partial charge in [-0.15, -0.1) is 11.8 Å². The van der Waals surface area contributed by atoms with Gasteiger partial charge in [0.05, 0.1) is 7.11 Å². The van der Waals surface area contributed by atoms with Gasteiger partial charge < -0.3 is 14.8 Å². The summed E-state index contributed by atoms with van der Waals surface area (Å²) in [4.78, 5) is 12.6. The quantitative estimate of drug-likeness (QED) is 0.615. The molecule has 1 atom stereocenters. The predicted molar refractivity (Wildman–Crippen MR) is 88.3 cm³/mol. The molecule has 1 N–H and O–H groups in total. The number of hydrogen-bond acceptors (Lipinski definition) is 4. The summed E-state index contributed by atoms with van der Waals surface area (Å²) in [6, 6.07) is 15.3. The number of ether oxygens (including phenoxy) is 1. The normalized spacial score (nSPS) is 11.7. The summed E-state index contributed by atoms with van der Waals surface area (Å²) in [5, 5.41) is 3.22. The van der Waals surface area contributed by atoms with Gasteiger partial charge >= 0.3 is 0 Å². The first kappa shape index (κ1) is 15.4. The molecule has 0 spiro atoms. The summed E-state index contributed by atoms with van der Waals surface area (Å²) >= 11 is 1.79. The number of anilines is 1. The van der Waals surface area contributed by atoms with Crippen molar-refractivity contribution in [3.8, 4) is 5.75 Å². The van der Waals surface area contributed by atoms with Gasteiger partial charge in [-0.25, -0.2) is 0 Å². The van der Waals surface area contributed by atoms with Crippen molar-refractivity contribution in [1.82, 2.24) is 0 Å². The summed E-state index contributed by atoms with van der Waals surface area (Å²) in [6.07, 6.45) is 0.918. The van der Waals surface area contributed by atoms with E-state index < -0.39 is 0 Å². The van der Waals surface area contributed by atoms with Crippen LogP contribution in [0.2, 0.25) is 0 Å². The van der Waals surface area contributed by atoms with Crippen LogP contribution in [0.5, 0.6) is 5.75 Å². The maximum absolute atomic E-state index is 11.4. The summed E-state index contributed by atoms with van der Waals surface area (Å²) in [5.41, 5.74) is 1.81. The lowest BCUT2D eigenvalue weighted by molar-refractivity contribution is -0.108. The highest BCUT2D eigenvalue weighted by atomic mass is 32.2. The molecule has 0 saturated carbocycles. The van der Waals surface area contributed by atoms with Crippen molar-refractivity contribution in [2.24, 2.45) is 0 Å². The van der Waals surface area contributed by atoms with E-state index in [0.29, 0.717) is 0 Å². The highest BCUT2D eigenvalue weighted by Gasteiger charge is 2.10. The standard InChI is InChI=1S/C17H19NO2S/c1-3-21-16-9-7-13(8-10-16)17(12-19)18-14-5-4-6-15(11-14)20-2/h4-12,17-18H,3H2,1-2H3. The van der Waals surface area contributed by atoms with Crippen LogP contribution >= 0.6 is 11.8 Å². The molecule has 0 bridgehead atoms. The predicted octanol–water partition coefficient (Wildman–Crippen LogP) is 4.16. The summed E-state index contributed by atoms with van der Waals surface area (Å²) < 4.78 is 5.19. The van der Waals surface area contributed by atoms with Crippen LogP contribution in [0.25, 0.3) is 0 Å². The number of carbonyl (C=O) groups excluding carboxylic acids is 1. The first-order valence-corrected chi connectivity index (χ1v) is 7.84. The van der Waals surface area contributed by atoms with Gasteiger partial charge in [-0.2, -0.15) is 0 Å². The van der Waals surface area contributed by atoms with E-state index in [1.54, 1.807) is 18.9 Å². The Labute approximate surface area is 129 Å². The fourth-order valence-electron chi connectivity index (χ4n) is 2.03. The van der Waals surface area contributed by atoms with Crippen molar-refractivity contribution in [3.63, 3.8) is 0 Å². The molecule has 2 aromatic rings. The number of aldehydes is 1.